The summed E-state index contributed by atoms with van der Waals surface area (Å²) in [6, 6.07) is 0. The van der Waals surface area contributed by atoms with E-state index in [0.29, 0.717) is 0 Å². The first-order valence-electron chi connectivity index (χ1n) is 7.36. The molecule has 7 saturated carbocycles. The summed E-state index contributed by atoms with van der Waals surface area (Å²) in [6.07, 6.45) is 8.82. The smallest absolute Gasteiger partial charge is 0.0162 e. The van der Waals surface area contributed by atoms with E-state index in [1.54, 1.807) is 19.3 Å². The molecule has 7 aliphatic carbocycles. The van der Waals surface area contributed by atoms with Crippen molar-refractivity contribution < 1.29 is 0 Å². The molecule has 88 valence electrons. The zero-order valence-electron chi connectivity index (χ0n) is 10.3. The predicted molar refractivity (Wildman–Crippen MR) is 63.7 cm³/mol. The molecule has 0 aromatic carbocycles. The van der Waals surface area contributed by atoms with Crippen LogP contribution in [0.25, 0.3) is 0 Å². The molecule has 0 radical (unpaired) electrons. The van der Waals surface area contributed by atoms with Gasteiger partial charge in [0.25, 0.3) is 0 Å². The fourth-order valence-corrected chi connectivity index (χ4v) is 7.34. The molecule has 0 heterocycles. The van der Waals surface area contributed by atoms with Crippen LogP contribution in [0, 0.1) is 40.9 Å². The van der Waals surface area contributed by atoms with Crippen LogP contribution in [0.15, 0.2) is 0 Å². The molecule has 7 fully saturated rings. The van der Waals surface area contributed by atoms with E-state index >= 15 is 0 Å². The number of nitrogens with two attached hydrogens (primary N) is 1. The molecule has 0 amide bonds. The van der Waals surface area contributed by atoms with Gasteiger partial charge in [-0.05, 0) is 79.4 Å². The summed E-state index contributed by atoms with van der Waals surface area (Å²) in [5.41, 5.74) is 7.67. The first kappa shape index (κ1) is 8.97. The lowest BCUT2D eigenvalue weighted by atomic mass is 9.32. The van der Waals surface area contributed by atoms with Gasteiger partial charge < -0.3 is 5.73 Å². The maximum absolute atomic E-state index is 6.64. The molecular weight excluding hydrogens is 194 g/mol. The summed E-state index contributed by atoms with van der Waals surface area (Å²) in [6.45, 7) is 2.58. The number of hydrogen-bond donors (Lipinski definition) is 1. The molecule has 0 aromatic heterocycles. The number of hydrogen-bond acceptors (Lipinski definition) is 1. The molecule has 7 rings (SSSR count). The van der Waals surface area contributed by atoms with E-state index in [0.717, 1.165) is 40.9 Å². The van der Waals surface area contributed by atoms with E-state index in [1.165, 1.54) is 19.3 Å². The summed E-state index contributed by atoms with van der Waals surface area (Å²) >= 11 is 0. The summed E-state index contributed by atoms with van der Waals surface area (Å²) in [7, 11) is 0. The van der Waals surface area contributed by atoms with Gasteiger partial charge in [0, 0.05) is 5.54 Å². The molecule has 0 aliphatic heterocycles. The number of rotatable bonds is 0. The molecule has 0 spiro atoms. The Kier molecular flexibility index (Phi) is 1.26. The monoisotopic (exact) mass is 217 g/mol. The Morgan fingerprint density at radius 2 is 1.00 bits per heavy atom. The Hall–Kier alpha value is -0.0400. The van der Waals surface area contributed by atoms with E-state index in [2.05, 4.69) is 6.92 Å². The third kappa shape index (κ3) is 0.805. The van der Waals surface area contributed by atoms with Gasteiger partial charge in [-0.2, -0.15) is 0 Å². The van der Waals surface area contributed by atoms with Crippen LogP contribution in [0.1, 0.15) is 45.4 Å². The van der Waals surface area contributed by atoms with Crippen LogP contribution in [0.2, 0.25) is 0 Å². The van der Waals surface area contributed by atoms with Crippen LogP contribution in [0.4, 0.5) is 0 Å². The zero-order valence-corrected chi connectivity index (χ0v) is 10.3. The van der Waals surface area contributed by atoms with Gasteiger partial charge in [-0.3, -0.25) is 0 Å². The van der Waals surface area contributed by atoms with Crippen molar-refractivity contribution in [2.75, 3.05) is 0 Å². The van der Waals surface area contributed by atoms with Gasteiger partial charge in [0.1, 0.15) is 0 Å². The topological polar surface area (TPSA) is 26.0 Å². The van der Waals surface area contributed by atoms with Crippen LogP contribution < -0.4 is 5.73 Å². The second kappa shape index (κ2) is 2.25. The normalized spacial score (nSPS) is 73.9. The molecule has 0 unspecified atom stereocenters. The Labute approximate surface area is 98.2 Å². The van der Waals surface area contributed by atoms with Crippen LogP contribution in [0.3, 0.4) is 0 Å². The van der Waals surface area contributed by atoms with Gasteiger partial charge in [-0.1, -0.05) is 6.92 Å². The van der Waals surface area contributed by atoms with Crippen molar-refractivity contribution in [2.45, 2.75) is 51.0 Å². The SMILES string of the molecule is CC12CC3C4CC5(N)CC3C(C1)C(C5)C4C2. The van der Waals surface area contributed by atoms with E-state index in [4.69, 9.17) is 5.73 Å². The summed E-state index contributed by atoms with van der Waals surface area (Å²) in [4.78, 5) is 0. The summed E-state index contributed by atoms with van der Waals surface area (Å²) in [5.74, 6) is 6.42. The molecular formula is C15H23N. The Morgan fingerprint density at radius 3 is 1.38 bits per heavy atom. The van der Waals surface area contributed by atoms with Crippen molar-refractivity contribution in [3.8, 4) is 0 Å². The molecule has 16 heavy (non-hydrogen) atoms. The largest absolute Gasteiger partial charge is 0.325 e. The summed E-state index contributed by atoms with van der Waals surface area (Å²) < 4.78 is 0. The average Bonchev–Trinajstić information content (AvgIpc) is 2.22. The molecule has 2 N–H and O–H groups in total. The van der Waals surface area contributed by atoms with Crippen molar-refractivity contribution in [2.24, 2.45) is 46.7 Å². The van der Waals surface area contributed by atoms with Crippen LogP contribution in [0.5, 0.6) is 0 Å². The van der Waals surface area contributed by atoms with Gasteiger partial charge in [0.15, 0.2) is 0 Å². The fourth-order valence-electron chi connectivity index (χ4n) is 7.34. The lowest BCUT2D eigenvalue weighted by Crippen LogP contribution is -2.71. The highest BCUT2D eigenvalue weighted by molar-refractivity contribution is 5.19. The molecule has 0 saturated heterocycles. The molecule has 0 aromatic rings. The lowest BCUT2D eigenvalue weighted by Gasteiger charge is -2.74. The van der Waals surface area contributed by atoms with Crippen molar-refractivity contribution in [3.05, 3.63) is 0 Å². The third-order valence-electron chi connectivity index (χ3n) is 7.41. The maximum Gasteiger partial charge on any atom is 0.0162 e. The molecule has 7 aliphatic rings. The Balaban J connectivity index is 1.68. The van der Waals surface area contributed by atoms with Crippen molar-refractivity contribution >= 4 is 0 Å². The van der Waals surface area contributed by atoms with Gasteiger partial charge in [0.05, 0.1) is 0 Å². The average molecular weight is 217 g/mol. The predicted octanol–water partition coefficient (Wildman–Crippen LogP) is 2.80. The van der Waals surface area contributed by atoms with Crippen LogP contribution in [-0.2, 0) is 0 Å². The second-order valence-corrected chi connectivity index (χ2v) is 8.38. The minimum absolute atomic E-state index is 0.286. The Morgan fingerprint density at radius 1 is 0.688 bits per heavy atom. The van der Waals surface area contributed by atoms with E-state index in [9.17, 15) is 0 Å². The van der Waals surface area contributed by atoms with Crippen LogP contribution >= 0.6 is 0 Å². The van der Waals surface area contributed by atoms with Crippen LogP contribution in [-0.4, -0.2) is 5.54 Å². The minimum atomic E-state index is 0.286. The van der Waals surface area contributed by atoms with Gasteiger partial charge in [0.2, 0.25) is 0 Å². The van der Waals surface area contributed by atoms with E-state index < -0.39 is 0 Å². The van der Waals surface area contributed by atoms with Gasteiger partial charge >= 0.3 is 0 Å². The summed E-state index contributed by atoms with van der Waals surface area (Å²) in [5, 5.41) is 0. The Bertz CT molecular complexity index is 273. The molecule has 8 bridgehead atoms. The van der Waals surface area contributed by atoms with Crippen molar-refractivity contribution in [1.82, 2.24) is 0 Å². The second-order valence-electron chi connectivity index (χ2n) is 8.38. The standard InChI is InChI=1S/C15H23N/c1-14-2-8-11-5-15(16)6-12(8)10(4-14)13(7-15)9(11)3-14/h8-13H,2-7,16H2,1H3. The molecule has 0 atom stereocenters. The highest BCUT2D eigenvalue weighted by Crippen LogP contribution is 2.74. The maximum atomic E-state index is 6.64. The quantitative estimate of drug-likeness (QED) is 0.663. The lowest BCUT2D eigenvalue weighted by molar-refractivity contribution is -0.233. The van der Waals surface area contributed by atoms with Crippen molar-refractivity contribution in [1.29, 1.82) is 0 Å². The zero-order chi connectivity index (χ0) is 10.7. The third-order valence-corrected chi connectivity index (χ3v) is 7.41. The first-order valence-corrected chi connectivity index (χ1v) is 7.36. The van der Waals surface area contributed by atoms with E-state index in [-0.39, 0.29) is 5.54 Å². The van der Waals surface area contributed by atoms with Gasteiger partial charge in [-0.15, -0.1) is 0 Å². The van der Waals surface area contributed by atoms with E-state index in [1.807, 2.05) is 0 Å². The van der Waals surface area contributed by atoms with Crippen molar-refractivity contribution in [3.63, 3.8) is 0 Å². The molecule has 1 heteroatoms. The van der Waals surface area contributed by atoms with Gasteiger partial charge in [-0.25, -0.2) is 0 Å². The fraction of sp³-hybridized carbons (Fsp3) is 1.00. The highest BCUT2D eigenvalue weighted by atomic mass is 14.8. The first-order chi connectivity index (χ1) is 7.57. The molecule has 1 nitrogen and oxygen atoms in total. The highest BCUT2D eigenvalue weighted by Gasteiger charge is 2.68. The minimum Gasteiger partial charge on any atom is -0.325 e.